The van der Waals surface area contributed by atoms with E-state index in [0.29, 0.717) is 12.0 Å². The van der Waals surface area contributed by atoms with E-state index >= 15 is 0 Å². The van der Waals surface area contributed by atoms with Crippen molar-refractivity contribution in [2.24, 2.45) is 5.92 Å². The summed E-state index contributed by atoms with van der Waals surface area (Å²) in [6.07, 6.45) is 3.00. The summed E-state index contributed by atoms with van der Waals surface area (Å²) >= 11 is 0. The zero-order chi connectivity index (χ0) is 13.7. The van der Waals surface area contributed by atoms with Gasteiger partial charge in [0.05, 0.1) is 11.4 Å². The first-order valence-electron chi connectivity index (χ1n) is 7.05. The van der Waals surface area contributed by atoms with Crippen LogP contribution in [0.15, 0.2) is 42.6 Å². The van der Waals surface area contributed by atoms with Gasteiger partial charge < -0.3 is 5.32 Å². The van der Waals surface area contributed by atoms with Crippen LogP contribution in [0.1, 0.15) is 38.9 Å². The Morgan fingerprint density at radius 2 is 1.89 bits per heavy atom. The standard InChI is InChI=1S/C16H23N3/c1-4-17-15(12-13(2)3)16-10-11-18-19(16)14-8-6-5-7-9-14/h5-11,13,15,17H,4,12H2,1-3H3. The SMILES string of the molecule is CCNC(CC(C)C)c1ccnn1-c1ccccc1. The Balaban J connectivity index is 2.31. The van der Waals surface area contributed by atoms with Crippen molar-refractivity contribution in [3.05, 3.63) is 48.3 Å². The summed E-state index contributed by atoms with van der Waals surface area (Å²) in [5.74, 6) is 0.656. The average molecular weight is 257 g/mol. The number of hydrogen-bond acceptors (Lipinski definition) is 2. The quantitative estimate of drug-likeness (QED) is 0.857. The predicted molar refractivity (Wildman–Crippen MR) is 79.4 cm³/mol. The van der Waals surface area contributed by atoms with Crippen molar-refractivity contribution < 1.29 is 0 Å². The van der Waals surface area contributed by atoms with Crippen LogP contribution in [0.4, 0.5) is 0 Å². The summed E-state index contributed by atoms with van der Waals surface area (Å²) in [7, 11) is 0. The smallest absolute Gasteiger partial charge is 0.0649 e. The Morgan fingerprint density at radius 3 is 2.53 bits per heavy atom. The Bertz CT molecular complexity index is 488. The van der Waals surface area contributed by atoms with Crippen LogP contribution in [-0.4, -0.2) is 16.3 Å². The van der Waals surface area contributed by atoms with E-state index in [-0.39, 0.29) is 0 Å². The summed E-state index contributed by atoms with van der Waals surface area (Å²) in [6.45, 7) is 7.63. The van der Waals surface area contributed by atoms with Crippen molar-refractivity contribution in [3.63, 3.8) is 0 Å². The third-order valence-electron chi connectivity index (χ3n) is 3.19. The molecule has 0 aliphatic carbocycles. The largest absolute Gasteiger partial charge is 0.309 e. The highest BCUT2D eigenvalue weighted by Crippen LogP contribution is 2.23. The third-order valence-corrected chi connectivity index (χ3v) is 3.19. The lowest BCUT2D eigenvalue weighted by molar-refractivity contribution is 0.423. The number of nitrogens with one attached hydrogen (secondary N) is 1. The van der Waals surface area contributed by atoms with Gasteiger partial charge in [0.15, 0.2) is 0 Å². The van der Waals surface area contributed by atoms with Crippen molar-refractivity contribution in [1.29, 1.82) is 0 Å². The van der Waals surface area contributed by atoms with Crippen molar-refractivity contribution >= 4 is 0 Å². The van der Waals surface area contributed by atoms with Crippen LogP contribution < -0.4 is 5.32 Å². The molecule has 1 heterocycles. The van der Waals surface area contributed by atoms with E-state index in [1.165, 1.54) is 5.69 Å². The molecule has 1 aromatic heterocycles. The molecule has 3 heteroatoms. The van der Waals surface area contributed by atoms with Crippen molar-refractivity contribution in [1.82, 2.24) is 15.1 Å². The molecule has 0 spiro atoms. The van der Waals surface area contributed by atoms with Crippen LogP contribution in [-0.2, 0) is 0 Å². The summed E-state index contributed by atoms with van der Waals surface area (Å²) in [6, 6.07) is 12.8. The van der Waals surface area contributed by atoms with Gasteiger partial charge in [0.25, 0.3) is 0 Å². The average Bonchev–Trinajstić information content (AvgIpc) is 2.88. The fourth-order valence-electron chi connectivity index (χ4n) is 2.39. The van der Waals surface area contributed by atoms with Crippen LogP contribution >= 0.6 is 0 Å². The fraction of sp³-hybridized carbons (Fsp3) is 0.438. The molecule has 19 heavy (non-hydrogen) atoms. The van der Waals surface area contributed by atoms with E-state index in [1.807, 2.05) is 29.1 Å². The second-order valence-electron chi connectivity index (χ2n) is 5.24. The van der Waals surface area contributed by atoms with E-state index < -0.39 is 0 Å². The maximum Gasteiger partial charge on any atom is 0.0649 e. The summed E-state index contributed by atoms with van der Waals surface area (Å²) in [5.41, 5.74) is 2.36. The van der Waals surface area contributed by atoms with Gasteiger partial charge in [0.1, 0.15) is 0 Å². The molecule has 0 radical (unpaired) electrons. The fourth-order valence-corrected chi connectivity index (χ4v) is 2.39. The van der Waals surface area contributed by atoms with Gasteiger partial charge in [-0.1, -0.05) is 39.0 Å². The molecule has 102 valence electrons. The Kier molecular flexibility index (Phi) is 4.74. The lowest BCUT2D eigenvalue weighted by Crippen LogP contribution is -2.24. The van der Waals surface area contributed by atoms with Crippen molar-refractivity contribution in [3.8, 4) is 5.69 Å². The van der Waals surface area contributed by atoms with Crippen LogP contribution in [0.5, 0.6) is 0 Å². The normalized spacial score (nSPS) is 12.8. The van der Waals surface area contributed by atoms with Gasteiger partial charge in [-0.25, -0.2) is 4.68 Å². The van der Waals surface area contributed by atoms with Gasteiger partial charge in [-0.3, -0.25) is 0 Å². The van der Waals surface area contributed by atoms with E-state index in [9.17, 15) is 0 Å². The number of rotatable bonds is 6. The van der Waals surface area contributed by atoms with Crippen LogP contribution in [0.2, 0.25) is 0 Å². The summed E-state index contributed by atoms with van der Waals surface area (Å²) in [5, 5.41) is 8.04. The minimum Gasteiger partial charge on any atom is -0.309 e. The first-order valence-corrected chi connectivity index (χ1v) is 7.05. The second kappa shape index (κ2) is 6.53. The van der Waals surface area contributed by atoms with E-state index in [4.69, 9.17) is 0 Å². The van der Waals surface area contributed by atoms with Gasteiger partial charge >= 0.3 is 0 Å². The molecule has 0 amide bonds. The van der Waals surface area contributed by atoms with Crippen molar-refractivity contribution in [2.45, 2.75) is 33.2 Å². The summed E-state index contributed by atoms with van der Waals surface area (Å²) in [4.78, 5) is 0. The monoisotopic (exact) mass is 257 g/mol. The molecule has 0 saturated heterocycles. The molecule has 1 atom stereocenters. The highest BCUT2D eigenvalue weighted by Gasteiger charge is 2.17. The molecule has 0 saturated carbocycles. The van der Waals surface area contributed by atoms with Gasteiger partial charge in [0, 0.05) is 12.2 Å². The van der Waals surface area contributed by atoms with Gasteiger partial charge in [-0.05, 0) is 37.1 Å². The maximum atomic E-state index is 4.47. The van der Waals surface area contributed by atoms with Gasteiger partial charge in [0.2, 0.25) is 0 Å². The number of benzene rings is 1. The van der Waals surface area contributed by atoms with Crippen molar-refractivity contribution in [2.75, 3.05) is 6.54 Å². The Morgan fingerprint density at radius 1 is 1.16 bits per heavy atom. The second-order valence-corrected chi connectivity index (χ2v) is 5.24. The Labute approximate surface area is 115 Å². The number of aromatic nitrogens is 2. The molecule has 0 fully saturated rings. The molecule has 0 aliphatic rings. The first kappa shape index (κ1) is 13.8. The molecular weight excluding hydrogens is 234 g/mol. The van der Waals surface area contributed by atoms with Crippen LogP contribution in [0.25, 0.3) is 5.69 Å². The van der Waals surface area contributed by atoms with E-state index in [1.54, 1.807) is 0 Å². The topological polar surface area (TPSA) is 29.9 Å². The number of nitrogens with zero attached hydrogens (tertiary/aromatic N) is 2. The first-order chi connectivity index (χ1) is 9.22. The molecule has 1 unspecified atom stereocenters. The lowest BCUT2D eigenvalue weighted by Gasteiger charge is -2.21. The molecule has 2 rings (SSSR count). The predicted octanol–water partition coefficient (Wildman–Crippen LogP) is 3.57. The minimum absolute atomic E-state index is 0.354. The highest BCUT2D eigenvalue weighted by atomic mass is 15.3. The third kappa shape index (κ3) is 3.44. The number of hydrogen-bond donors (Lipinski definition) is 1. The maximum absolute atomic E-state index is 4.47. The van der Waals surface area contributed by atoms with Crippen LogP contribution in [0.3, 0.4) is 0 Å². The summed E-state index contributed by atoms with van der Waals surface area (Å²) < 4.78 is 2.04. The van der Waals surface area contributed by atoms with Crippen LogP contribution in [0, 0.1) is 5.92 Å². The molecular formula is C16H23N3. The van der Waals surface area contributed by atoms with E-state index in [2.05, 4.69) is 49.4 Å². The zero-order valence-corrected chi connectivity index (χ0v) is 12.0. The van der Waals surface area contributed by atoms with E-state index in [0.717, 1.165) is 18.7 Å². The molecule has 1 N–H and O–H groups in total. The molecule has 0 bridgehead atoms. The molecule has 0 aliphatic heterocycles. The Hall–Kier alpha value is -1.61. The number of para-hydroxylation sites is 1. The minimum atomic E-state index is 0.354. The lowest BCUT2D eigenvalue weighted by atomic mass is 10.0. The molecule has 2 aromatic rings. The van der Waals surface area contributed by atoms with Gasteiger partial charge in [-0.2, -0.15) is 5.10 Å². The zero-order valence-electron chi connectivity index (χ0n) is 12.0. The van der Waals surface area contributed by atoms with Gasteiger partial charge in [-0.15, -0.1) is 0 Å². The highest BCUT2D eigenvalue weighted by molar-refractivity contribution is 5.33. The molecule has 1 aromatic carbocycles. The molecule has 3 nitrogen and oxygen atoms in total.